The Morgan fingerprint density at radius 1 is 0.272 bits per heavy atom. The summed E-state index contributed by atoms with van der Waals surface area (Å²) in [4.78, 5) is 82.2. The summed E-state index contributed by atoms with van der Waals surface area (Å²) in [5, 5.41) is 5.52. The van der Waals surface area contributed by atoms with Gasteiger partial charge in [-0.15, -0.1) is 79.4 Å². The highest BCUT2D eigenvalue weighted by Crippen LogP contribution is 2.57. The van der Waals surface area contributed by atoms with Gasteiger partial charge in [0.2, 0.25) is 0 Å². The highest BCUT2D eigenvalue weighted by Gasteiger charge is 2.51. The maximum absolute atomic E-state index is 16.3. The van der Waals surface area contributed by atoms with Crippen molar-refractivity contribution < 1.29 is 19.2 Å². The molecule has 4 amide bonds. The zero-order valence-electron chi connectivity index (χ0n) is 80.6. The van der Waals surface area contributed by atoms with Crippen molar-refractivity contribution in [3.8, 4) is 29.3 Å². The average molecular weight is 1820 g/mol. The Morgan fingerprint density at radius 3 is 0.992 bits per heavy atom. The number of benzene rings is 2. The van der Waals surface area contributed by atoms with E-state index in [1.165, 1.54) is 217 Å². The largest absolute Gasteiger partial charge is 0.306 e. The number of aryl methyl sites for hydroxylation is 6. The van der Waals surface area contributed by atoms with Gasteiger partial charge in [-0.3, -0.25) is 24.1 Å². The van der Waals surface area contributed by atoms with Crippen LogP contribution in [0.2, 0.25) is 0 Å². The molecule has 0 aliphatic carbocycles. The van der Waals surface area contributed by atoms with Crippen LogP contribution in [0.5, 0.6) is 0 Å². The van der Waals surface area contributed by atoms with Gasteiger partial charge in [-0.2, -0.15) is 0 Å². The maximum Gasteiger partial charge on any atom is 0.263 e. The van der Waals surface area contributed by atoms with Gasteiger partial charge in [0, 0.05) is 67.7 Å². The minimum atomic E-state index is -0.104. The van der Waals surface area contributed by atoms with Crippen LogP contribution >= 0.6 is 79.4 Å². The Hall–Kier alpha value is -5.06. The topological polar surface area (TPSA) is 78.0 Å². The molecule has 9 aromatic rings. The van der Waals surface area contributed by atoms with Gasteiger partial charge >= 0.3 is 0 Å². The molecule has 14 heteroatoms. The van der Waals surface area contributed by atoms with Crippen LogP contribution in [0.25, 0.3) is 81.0 Å². The second-order valence-corrected chi connectivity index (χ2v) is 46.7. The van der Waals surface area contributed by atoms with Crippen molar-refractivity contribution in [1.29, 1.82) is 0 Å². The molecule has 10 heterocycles. The van der Waals surface area contributed by atoms with Gasteiger partial charge in [-0.05, 0) is 237 Å². The molecular weight excluding hydrogens is 1660 g/mol. The Bertz CT molecular complexity index is 4940. The molecule has 7 aromatic heterocycles. The van der Waals surface area contributed by atoms with Crippen molar-refractivity contribution in [2.75, 3.05) is 19.6 Å². The van der Waals surface area contributed by atoms with Crippen LogP contribution in [0.15, 0.2) is 59.7 Å². The van der Waals surface area contributed by atoms with Crippen molar-refractivity contribution in [3.05, 3.63) is 113 Å². The number of fused-ring (bicyclic) bond motifs is 6. The van der Waals surface area contributed by atoms with Gasteiger partial charge in [0.15, 0.2) is 0 Å². The highest BCUT2D eigenvalue weighted by molar-refractivity contribution is 7.31. The van der Waals surface area contributed by atoms with E-state index in [9.17, 15) is 0 Å². The Kier molecular flexibility index (Phi) is 38.3. The number of thiophene rings is 7. The van der Waals surface area contributed by atoms with Gasteiger partial charge in [0.25, 0.3) is 23.6 Å². The lowest BCUT2D eigenvalue weighted by molar-refractivity contribution is -0.124. The minimum absolute atomic E-state index is 0.00675. The summed E-state index contributed by atoms with van der Waals surface area (Å²) in [5.41, 5.74) is 10.1. The molecule has 684 valence electrons. The summed E-state index contributed by atoms with van der Waals surface area (Å²) >= 11 is 13.1. The van der Waals surface area contributed by atoms with Gasteiger partial charge in [0.1, 0.15) is 0 Å². The normalized spacial score (nSPS) is 15.7. The SMILES string of the molecule is CCCCCCC(CCCC)CN1C(=O)C2=C(c3ccc(C)s3)N(CC(CCCC)CCCCC(C)C)C(=O)C2=C1c1ccc(-c2cc3c(CCC(CC)CCCC)c4sc(-c5sc(-c6cc7c(CCC(CC)CCCC)c8sc(C)cc8c(CCC(CC)CCCC)c7s6)c6c5C(=O)N(CC(CC)CCCC)C6=O)cc4c(CCC(CC)CCCC)c3s2)s1. The summed E-state index contributed by atoms with van der Waals surface area (Å²) in [7, 11) is 0. The number of nitrogens with zero attached hydrogens (tertiary/aromatic N) is 3. The Morgan fingerprint density at radius 2 is 0.600 bits per heavy atom. The Labute approximate surface area is 784 Å². The summed E-state index contributed by atoms with van der Waals surface area (Å²) in [6.07, 6.45) is 49.1. The number of unbranched alkanes of at least 4 members (excludes halogenated alkanes) is 11. The van der Waals surface area contributed by atoms with Crippen molar-refractivity contribution >= 4 is 155 Å². The second-order valence-electron chi connectivity index (χ2n) is 38.9. The van der Waals surface area contributed by atoms with E-state index in [0.29, 0.717) is 83.3 Å². The number of hydrogen-bond donors (Lipinski definition) is 0. The van der Waals surface area contributed by atoms with Crippen LogP contribution in [-0.2, 0) is 35.3 Å². The monoisotopic (exact) mass is 1820 g/mol. The van der Waals surface area contributed by atoms with E-state index in [1.54, 1.807) is 38.9 Å². The van der Waals surface area contributed by atoms with E-state index >= 15 is 19.2 Å². The lowest BCUT2D eigenvalue weighted by Gasteiger charge is -2.29. The average Bonchev–Trinajstić information content (AvgIpc) is 1.56. The fourth-order valence-corrected chi connectivity index (χ4v) is 29.7. The third kappa shape index (κ3) is 23.3. The molecule has 3 aliphatic heterocycles. The Balaban J connectivity index is 1.06. The fourth-order valence-electron chi connectivity index (χ4n) is 21.2. The third-order valence-electron chi connectivity index (χ3n) is 29.3. The van der Waals surface area contributed by atoms with Crippen LogP contribution in [-0.4, -0.2) is 58.0 Å². The van der Waals surface area contributed by atoms with Crippen LogP contribution < -0.4 is 0 Å². The summed E-state index contributed by atoms with van der Waals surface area (Å²) in [6.45, 7) is 41.2. The van der Waals surface area contributed by atoms with Crippen LogP contribution in [0.1, 0.15) is 417 Å². The summed E-state index contributed by atoms with van der Waals surface area (Å²) < 4.78 is 5.60. The van der Waals surface area contributed by atoms with E-state index in [2.05, 4.69) is 176 Å². The van der Waals surface area contributed by atoms with Gasteiger partial charge in [-0.25, -0.2) is 0 Å². The first kappa shape index (κ1) is 99.0. The molecule has 0 bridgehead atoms. The lowest BCUT2D eigenvalue weighted by Crippen LogP contribution is -2.34. The van der Waals surface area contributed by atoms with Crippen LogP contribution in [0.3, 0.4) is 0 Å². The molecule has 0 spiro atoms. The van der Waals surface area contributed by atoms with Crippen molar-refractivity contribution in [3.63, 3.8) is 0 Å². The standard InChI is InChI=1S/C111H159N3O4S7/c1-18-31-39-40-51-80(49-37-24-7)70-113-101(97-96(108(113)115)100(91-62-53-73(16)119-91)112(109(97)116)71-81(50-38-25-8)52-42-41-43-72(14)15)92-64-63-90(121-92)93-66-87-84(60-56-77(28-11)46-34-21-4)105-89(85(103(87)122-93)61-57-78(29-12)47-35-22-5)68-95(124-105)107-99-98(110(117)114(111(99)118)69-79(30-13)48-36-23-6)106(125-107)94-67-88-83(59-55-76(27-10)45-33-20-3)102-86(65-74(17)120-102)82(104(88)123-94)58-54-75(26-9)44-32-19-2/h53,62-68,72,75-81H,18-52,54-61,69-71H2,1-17H3. The molecule has 7 atom stereocenters. The predicted octanol–water partition coefficient (Wildman–Crippen LogP) is 36.4. The molecule has 0 N–H and O–H groups in total. The molecule has 12 rings (SSSR count). The number of carbonyl (C=O) groups excluding carboxylic acids is 4. The van der Waals surface area contributed by atoms with Crippen LogP contribution in [0, 0.1) is 61.2 Å². The van der Waals surface area contributed by atoms with E-state index in [4.69, 9.17) is 0 Å². The predicted molar refractivity (Wildman–Crippen MR) is 554 cm³/mol. The van der Waals surface area contributed by atoms with Gasteiger partial charge in [-0.1, -0.05) is 296 Å². The molecule has 7 unspecified atom stereocenters. The zero-order chi connectivity index (χ0) is 89.0. The zero-order valence-corrected chi connectivity index (χ0v) is 86.3. The van der Waals surface area contributed by atoms with Crippen molar-refractivity contribution in [2.45, 2.75) is 394 Å². The molecule has 2 aromatic carbocycles. The maximum atomic E-state index is 16.3. The summed E-state index contributed by atoms with van der Waals surface area (Å²) in [5.74, 6) is 3.89. The third-order valence-corrected chi connectivity index (χ3v) is 37.8. The van der Waals surface area contributed by atoms with E-state index < -0.39 is 0 Å². The fraction of sp³-hybridized carbons (Fsp3) is 0.640. The molecule has 0 radical (unpaired) electrons. The summed E-state index contributed by atoms with van der Waals surface area (Å²) in [6, 6.07) is 19.1. The molecule has 7 nitrogen and oxygen atoms in total. The number of amides is 4. The van der Waals surface area contributed by atoms with E-state index in [1.807, 2.05) is 45.3 Å². The molecule has 125 heavy (non-hydrogen) atoms. The number of carbonyl (C=O) groups is 4. The first-order valence-electron chi connectivity index (χ1n) is 51.1. The van der Waals surface area contributed by atoms with Gasteiger partial charge < -0.3 is 9.80 Å². The number of rotatable bonds is 59. The van der Waals surface area contributed by atoms with E-state index in [-0.39, 0.29) is 29.5 Å². The quantitative estimate of drug-likeness (QED) is 0.0281. The van der Waals surface area contributed by atoms with Gasteiger partial charge in [0.05, 0.1) is 53.2 Å². The molecule has 0 fully saturated rings. The van der Waals surface area contributed by atoms with Crippen LogP contribution in [0.4, 0.5) is 0 Å². The molecule has 0 saturated heterocycles. The molecule has 0 saturated carbocycles. The van der Waals surface area contributed by atoms with Crippen molar-refractivity contribution in [2.24, 2.45) is 47.3 Å². The smallest absolute Gasteiger partial charge is 0.263 e. The highest BCUT2D eigenvalue weighted by atomic mass is 32.1. The lowest BCUT2D eigenvalue weighted by atomic mass is 9.88. The second kappa shape index (κ2) is 48.4. The first-order valence-corrected chi connectivity index (χ1v) is 56.8. The number of imide groups is 1. The molecular formula is C111H159N3O4S7. The van der Waals surface area contributed by atoms with E-state index in [0.717, 1.165) is 182 Å². The first-order chi connectivity index (χ1) is 60.8. The number of hydrogen-bond acceptors (Lipinski definition) is 11. The van der Waals surface area contributed by atoms with Crippen molar-refractivity contribution in [1.82, 2.24) is 14.7 Å². The molecule has 3 aliphatic rings. The minimum Gasteiger partial charge on any atom is -0.306 e.